The lowest BCUT2D eigenvalue weighted by molar-refractivity contribution is -0.679. The molecule has 0 saturated heterocycles. The van der Waals surface area contributed by atoms with Gasteiger partial charge in [0.1, 0.15) is 19.8 Å². The van der Waals surface area contributed by atoms with Gasteiger partial charge in [-0.05, 0) is 48.2 Å². The molecule has 4 nitrogen and oxygen atoms in total. The maximum absolute atomic E-state index is 6.22. The van der Waals surface area contributed by atoms with Crippen LogP contribution in [0.15, 0.2) is 91.3 Å². The van der Waals surface area contributed by atoms with Gasteiger partial charge in [0.25, 0.3) is 0 Å². The number of nitrogens with zero attached hydrogens (tertiary/aromatic N) is 2. The number of rotatable bonds is 9. The van der Waals surface area contributed by atoms with E-state index in [0.717, 1.165) is 42.9 Å². The van der Waals surface area contributed by atoms with Crippen LogP contribution in [0.2, 0.25) is 0 Å². The number of aromatic nitrogens is 2. The summed E-state index contributed by atoms with van der Waals surface area (Å²) in [6, 6.07) is 27.2. The van der Waals surface area contributed by atoms with Gasteiger partial charge in [0, 0.05) is 37.1 Å². The molecule has 0 radical (unpaired) electrons. The maximum Gasteiger partial charge on any atom is 0.181 e. The number of aryl methyl sites for hydroxylation is 6. The molecule has 0 N–H and O–H groups in total. The zero-order valence-corrected chi connectivity index (χ0v) is 24.8. The van der Waals surface area contributed by atoms with Gasteiger partial charge in [0.15, 0.2) is 35.3 Å². The van der Waals surface area contributed by atoms with E-state index in [1.54, 1.807) is 7.11 Å². The summed E-state index contributed by atoms with van der Waals surface area (Å²) >= 11 is 0. The van der Waals surface area contributed by atoms with Crippen LogP contribution >= 0.6 is 0 Å². The Labute approximate surface area is 243 Å². The molecule has 184 valence electrons. The summed E-state index contributed by atoms with van der Waals surface area (Å²) in [4.78, 5) is 0. The molecule has 0 fully saturated rings. The van der Waals surface area contributed by atoms with E-state index in [4.69, 9.17) is 9.47 Å². The lowest BCUT2D eigenvalue weighted by atomic mass is 10.1. The van der Waals surface area contributed by atoms with Gasteiger partial charge in [-0.25, -0.2) is 9.13 Å². The summed E-state index contributed by atoms with van der Waals surface area (Å²) in [5.41, 5.74) is 5.14. The molecular weight excluding hydrogens is 662 g/mol. The largest absolute Gasteiger partial charge is 1.00 e. The lowest BCUT2D eigenvalue weighted by Crippen LogP contribution is -3.00. The van der Waals surface area contributed by atoms with Crippen LogP contribution in [0.1, 0.15) is 22.5 Å². The number of pyridine rings is 2. The molecule has 35 heavy (non-hydrogen) atoms. The molecule has 0 amide bonds. The summed E-state index contributed by atoms with van der Waals surface area (Å²) < 4.78 is 16.1. The highest BCUT2D eigenvalue weighted by molar-refractivity contribution is 5.46. The third kappa shape index (κ3) is 8.17. The Kier molecular flexibility index (Phi) is 11.9. The molecule has 0 aliphatic rings. The third-order valence-corrected chi connectivity index (χ3v) is 6.04. The van der Waals surface area contributed by atoms with Crippen LogP contribution in [0.5, 0.6) is 17.2 Å². The van der Waals surface area contributed by atoms with Crippen molar-refractivity contribution in [3.8, 4) is 17.2 Å². The Balaban J connectivity index is 0.00000216. The Morgan fingerprint density at radius 3 is 1.69 bits per heavy atom. The zero-order valence-electron chi connectivity index (χ0n) is 20.5. The van der Waals surface area contributed by atoms with Gasteiger partial charge in [0.2, 0.25) is 0 Å². The number of ether oxygens (including phenoxy) is 2. The van der Waals surface area contributed by atoms with Crippen molar-refractivity contribution < 1.29 is 66.6 Å². The van der Waals surface area contributed by atoms with Crippen molar-refractivity contribution in [1.82, 2.24) is 0 Å². The minimum atomic E-state index is 0. The molecule has 4 rings (SSSR count). The van der Waals surface area contributed by atoms with E-state index in [2.05, 4.69) is 96.3 Å². The normalized spacial score (nSPS) is 10.1. The highest BCUT2D eigenvalue weighted by atomic mass is 127. The van der Waals surface area contributed by atoms with Gasteiger partial charge in [0.05, 0.1) is 7.11 Å². The summed E-state index contributed by atoms with van der Waals surface area (Å²) in [6.07, 6.45) is 8.08. The fourth-order valence-electron chi connectivity index (χ4n) is 3.99. The summed E-state index contributed by atoms with van der Waals surface area (Å²) in [5.74, 6) is 2.30. The van der Waals surface area contributed by atoms with Gasteiger partial charge < -0.3 is 57.4 Å². The second-order valence-electron chi connectivity index (χ2n) is 8.34. The van der Waals surface area contributed by atoms with E-state index in [0.29, 0.717) is 0 Å². The average molecular weight is 694 g/mol. The Morgan fingerprint density at radius 1 is 0.600 bits per heavy atom. The zero-order chi connectivity index (χ0) is 23.0. The minimum absolute atomic E-state index is 0. The first-order chi connectivity index (χ1) is 16.1. The Hall–Kier alpha value is -2.20. The average Bonchev–Trinajstić information content (AvgIpc) is 2.84. The van der Waals surface area contributed by atoms with Gasteiger partial charge in [-0.1, -0.05) is 30.3 Å². The van der Waals surface area contributed by atoms with Crippen LogP contribution in [-0.4, -0.2) is 7.11 Å². The first-order valence-corrected chi connectivity index (χ1v) is 11.4. The van der Waals surface area contributed by atoms with Crippen molar-refractivity contribution in [2.45, 2.75) is 25.7 Å². The highest BCUT2D eigenvalue weighted by Crippen LogP contribution is 2.33. The monoisotopic (exact) mass is 694 g/mol. The fraction of sp³-hybridized carbons (Fsp3) is 0.241. The molecule has 0 atom stereocenters. The highest BCUT2D eigenvalue weighted by Gasteiger charge is 2.11. The molecule has 0 spiro atoms. The SMILES string of the molecule is COc1ccc(CCc2cccc[n+]2C)cc1Oc1ccc(CCc2cccc[n+]2C)cc1.[I-].[I-]. The number of benzene rings is 2. The molecule has 2 aromatic heterocycles. The predicted octanol–water partition coefficient (Wildman–Crippen LogP) is -1.29. The molecule has 0 unspecified atom stereocenters. The van der Waals surface area contributed by atoms with Gasteiger partial charge in [-0.15, -0.1) is 0 Å². The summed E-state index contributed by atoms with van der Waals surface area (Å²) in [6.45, 7) is 0. The first kappa shape index (κ1) is 29.0. The van der Waals surface area contributed by atoms with Gasteiger partial charge in [-0.3, -0.25) is 0 Å². The Bertz CT molecular complexity index is 1210. The first-order valence-electron chi connectivity index (χ1n) is 11.4. The molecule has 0 aliphatic heterocycles. The third-order valence-electron chi connectivity index (χ3n) is 6.04. The van der Waals surface area contributed by atoms with Crippen molar-refractivity contribution in [3.05, 3.63) is 114 Å². The molecule has 0 saturated carbocycles. The Morgan fingerprint density at radius 2 is 1.14 bits per heavy atom. The molecule has 2 heterocycles. The molecular formula is C29H32I2N2O2. The van der Waals surface area contributed by atoms with Crippen LogP contribution < -0.4 is 66.6 Å². The van der Waals surface area contributed by atoms with E-state index < -0.39 is 0 Å². The molecule has 0 aliphatic carbocycles. The van der Waals surface area contributed by atoms with Crippen molar-refractivity contribution in [3.63, 3.8) is 0 Å². The van der Waals surface area contributed by atoms with Crippen molar-refractivity contribution in [1.29, 1.82) is 0 Å². The van der Waals surface area contributed by atoms with E-state index >= 15 is 0 Å². The van der Waals surface area contributed by atoms with Crippen LogP contribution in [0, 0.1) is 0 Å². The van der Waals surface area contributed by atoms with Crippen LogP contribution in [0.25, 0.3) is 0 Å². The standard InChI is InChI=1S/C29H32N2O2.2HI/c1-30-20-6-4-8-25(30)15-10-23-12-17-27(18-13-23)33-29-22-24(14-19-28(29)32-3)11-16-26-9-5-7-21-31(26)2;;/h4-9,12-14,17-22H,10-11,15-16H2,1-3H3;2*1H/q+2;;/p-2. The number of halogens is 2. The van der Waals surface area contributed by atoms with Crippen molar-refractivity contribution in [2.24, 2.45) is 14.1 Å². The van der Waals surface area contributed by atoms with Gasteiger partial charge in [-0.2, -0.15) is 0 Å². The second-order valence-corrected chi connectivity index (χ2v) is 8.34. The quantitative estimate of drug-likeness (QED) is 0.161. The predicted molar refractivity (Wildman–Crippen MR) is 130 cm³/mol. The maximum atomic E-state index is 6.22. The molecule has 6 heteroatoms. The number of hydrogen-bond acceptors (Lipinski definition) is 2. The van der Waals surface area contributed by atoms with Crippen LogP contribution in [-0.2, 0) is 39.8 Å². The summed E-state index contributed by atoms with van der Waals surface area (Å²) in [5, 5.41) is 0. The molecule has 4 aromatic rings. The minimum Gasteiger partial charge on any atom is -1.00 e. The van der Waals surface area contributed by atoms with Crippen LogP contribution in [0.3, 0.4) is 0 Å². The lowest BCUT2D eigenvalue weighted by Gasteiger charge is -2.12. The topological polar surface area (TPSA) is 26.2 Å². The summed E-state index contributed by atoms with van der Waals surface area (Å²) in [7, 11) is 5.85. The van der Waals surface area contributed by atoms with E-state index in [9.17, 15) is 0 Å². The van der Waals surface area contributed by atoms with E-state index in [1.165, 1.54) is 22.5 Å². The van der Waals surface area contributed by atoms with Gasteiger partial charge >= 0.3 is 0 Å². The van der Waals surface area contributed by atoms with E-state index in [-0.39, 0.29) is 48.0 Å². The number of hydrogen-bond donors (Lipinski definition) is 0. The second kappa shape index (κ2) is 14.4. The van der Waals surface area contributed by atoms with E-state index in [1.807, 2.05) is 18.2 Å². The fourth-order valence-corrected chi connectivity index (χ4v) is 3.99. The smallest absolute Gasteiger partial charge is 0.181 e. The molecule has 2 aromatic carbocycles. The molecule has 0 bridgehead atoms. The number of methoxy groups -OCH3 is 1. The van der Waals surface area contributed by atoms with Crippen molar-refractivity contribution >= 4 is 0 Å². The van der Waals surface area contributed by atoms with Crippen LogP contribution in [0.4, 0.5) is 0 Å². The van der Waals surface area contributed by atoms with Crippen molar-refractivity contribution in [2.75, 3.05) is 7.11 Å².